The zero-order valence-corrected chi connectivity index (χ0v) is 17.0. The van der Waals surface area contributed by atoms with Crippen molar-refractivity contribution < 1.29 is 14.1 Å². The lowest BCUT2D eigenvalue weighted by Crippen LogP contribution is -2.23. The van der Waals surface area contributed by atoms with Crippen LogP contribution in [-0.4, -0.2) is 25.4 Å². The molecule has 4 aromatic rings. The van der Waals surface area contributed by atoms with Gasteiger partial charge in [-0.1, -0.05) is 0 Å². The van der Waals surface area contributed by atoms with Gasteiger partial charge in [-0.25, -0.2) is 9.78 Å². The summed E-state index contributed by atoms with van der Waals surface area (Å²) in [6.07, 6.45) is 4.03. The molecule has 1 aromatic carbocycles. The lowest BCUT2D eigenvalue weighted by Gasteiger charge is -2.04. The number of carbonyl (C=O) groups is 1. The first kappa shape index (κ1) is 20.4. The number of aryl methyl sites for hydroxylation is 1. The first-order chi connectivity index (χ1) is 15.0. The Labute approximate surface area is 179 Å². The van der Waals surface area contributed by atoms with Gasteiger partial charge in [-0.15, -0.1) is 11.3 Å². The Hall–Kier alpha value is -3.86. The van der Waals surface area contributed by atoms with Crippen molar-refractivity contribution in [3.63, 3.8) is 0 Å². The highest BCUT2D eigenvalue weighted by Gasteiger charge is 2.14. The number of nitro benzene ring substituents is 1. The van der Waals surface area contributed by atoms with Crippen LogP contribution in [0.3, 0.4) is 0 Å². The van der Waals surface area contributed by atoms with Gasteiger partial charge in [0.2, 0.25) is 5.91 Å². The molecule has 0 saturated heterocycles. The van der Waals surface area contributed by atoms with Crippen LogP contribution in [0.4, 0.5) is 5.69 Å². The van der Waals surface area contributed by atoms with E-state index < -0.39 is 10.7 Å². The molecule has 158 valence electrons. The van der Waals surface area contributed by atoms with Gasteiger partial charge in [0.05, 0.1) is 28.7 Å². The molecule has 0 radical (unpaired) electrons. The van der Waals surface area contributed by atoms with E-state index in [1.807, 2.05) is 17.5 Å². The average molecular weight is 439 g/mol. The van der Waals surface area contributed by atoms with Crippen LogP contribution in [0.1, 0.15) is 17.8 Å². The number of nitrogens with zero attached hydrogens (tertiary/aromatic N) is 4. The highest BCUT2D eigenvalue weighted by Crippen LogP contribution is 2.21. The summed E-state index contributed by atoms with van der Waals surface area (Å²) in [7, 11) is 0. The number of amides is 1. The smallest absolute Gasteiger partial charge is 0.407 e. The van der Waals surface area contributed by atoms with Crippen molar-refractivity contribution in [1.29, 1.82) is 0 Å². The number of thiazole rings is 1. The third kappa shape index (κ3) is 4.67. The third-order valence-corrected chi connectivity index (χ3v) is 5.46. The Morgan fingerprint density at radius 3 is 2.84 bits per heavy atom. The van der Waals surface area contributed by atoms with Gasteiger partial charge in [0.15, 0.2) is 5.58 Å². The highest BCUT2D eigenvalue weighted by atomic mass is 32.1. The number of rotatable bonds is 8. The quantitative estimate of drug-likeness (QED) is 0.329. The monoisotopic (exact) mass is 439 g/mol. The molecule has 4 rings (SSSR count). The molecule has 0 fully saturated rings. The van der Waals surface area contributed by atoms with Crippen LogP contribution < -0.4 is 11.1 Å². The van der Waals surface area contributed by atoms with E-state index in [1.54, 1.807) is 12.4 Å². The van der Waals surface area contributed by atoms with Gasteiger partial charge in [0.25, 0.3) is 5.69 Å². The number of hydrogen-bond acceptors (Lipinski definition) is 8. The second-order valence-corrected chi connectivity index (χ2v) is 7.61. The molecule has 1 N–H and O–H groups in total. The van der Waals surface area contributed by atoms with Crippen molar-refractivity contribution in [2.24, 2.45) is 0 Å². The number of nitro groups is 1. The zero-order valence-electron chi connectivity index (χ0n) is 16.2. The van der Waals surface area contributed by atoms with Gasteiger partial charge >= 0.3 is 5.76 Å². The summed E-state index contributed by atoms with van der Waals surface area (Å²) < 4.78 is 6.45. The molecule has 0 saturated carbocycles. The number of fused-ring (bicyclic) bond motifs is 1. The molecule has 0 aliphatic rings. The van der Waals surface area contributed by atoms with E-state index in [0.717, 1.165) is 16.3 Å². The molecule has 0 aliphatic carbocycles. The van der Waals surface area contributed by atoms with E-state index in [4.69, 9.17) is 4.42 Å². The lowest BCUT2D eigenvalue weighted by atomic mass is 10.2. The van der Waals surface area contributed by atoms with Crippen LogP contribution in [0, 0.1) is 10.1 Å². The van der Waals surface area contributed by atoms with E-state index in [-0.39, 0.29) is 30.1 Å². The molecule has 0 atom stereocenters. The Morgan fingerprint density at radius 2 is 2.06 bits per heavy atom. The molecule has 10 nitrogen and oxygen atoms in total. The van der Waals surface area contributed by atoms with E-state index in [0.29, 0.717) is 18.5 Å². The molecule has 3 heterocycles. The number of oxazole rings is 1. The Morgan fingerprint density at radius 1 is 1.26 bits per heavy atom. The fraction of sp³-hybridized carbons (Fsp3) is 0.200. The van der Waals surface area contributed by atoms with Crippen LogP contribution in [0.5, 0.6) is 0 Å². The van der Waals surface area contributed by atoms with Gasteiger partial charge in [0, 0.05) is 42.4 Å². The molecule has 0 aliphatic heterocycles. The summed E-state index contributed by atoms with van der Waals surface area (Å²) in [4.78, 5) is 43.0. The van der Waals surface area contributed by atoms with E-state index in [1.165, 1.54) is 34.1 Å². The number of nitrogens with one attached hydrogen (secondary N) is 1. The predicted molar refractivity (Wildman–Crippen MR) is 114 cm³/mol. The lowest BCUT2D eigenvalue weighted by molar-refractivity contribution is -0.384. The minimum atomic E-state index is -0.609. The Bertz CT molecular complexity index is 1290. The van der Waals surface area contributed by atoms with Crippen LogP contribution in [0.2, 0.25) is 0 Å². The summed E-state index contributed by atoms with van der Waals surface area (Å²) >= 11 is 1.46. The fourth-order valence-corrected chi connectivity index (χ4v) is 3.83. The minimum Gasteiger partial charge on any atom is -0.407 e. The van der Waals surface area contributed by atoms with Crippen molar-refractivity contribution in [2.75, 3.05) is 0 Å². The molecule has 31 heavy (non-hydrogen) atoms. The van der Waals surface area contributed by atoms with Crippen molar-refractivity contribution in [3.8, 4) is 11.3 Å². The summed E-state index contributed by atoms with van der Waals surface area (Å²) in [6.45, 7) is 0.591. The zero-order chi connectivity index (χ0) is 21.8. The summed E-state index contributed by atoms with van der Waals surface area (Å²) in [5.41, 5.74) is 2.26. The van der Waals surface area contributed by atoms with Crippen LogP contribution in [0.15, 0.2) is 57.3 Å². The topological polar surface area (TPSA) is 133 Å². The van der Waals surface area contributed by atoms with Gasteiger partial charge in [-0.3, -0.25) is 24.5 Å². The number of hydrogen-bond donors (Lipinski definition) is 1. The van der Waals surface area contributed by atoms with E-state index >= 15 is 0 Å². The second-order valence-electron chi connectivity index (χ2n) is 6.67. The maximum Gasteiger partial charge on any atom is 0.419 e. The maximum atomic E-state index is 12.2. The SMILES string of the molecule is O=C(CCCn1c(=O)oc2cc([N+](=O)[O-])ccc21)NCc1nc(-c2ccncc2)cs1. The number of non-ortho nitro benzene ring substituents is 1. The molecule has 0 spiro atoms. The maximum absolute atomic E-state index is 12.2. The van der Waals surface area contributed by atoms with Crippen LogP contribution in [0.25, 0.3) is 22.4 Å². The molecule has 1 amide bonds. The van der Waals surface area contributed by atoms with Gasteiger partial charge < -0.3 is 9.73 Å². The summed E-state index contributed by atoms with van der Waals surface area (Å²) in [5.74, 6) is -0.764. The number of pyridine rings is 1. The molecule has 0 bridgehead atoms. The van der Waals surface area contributed by atoms with Gasteiger partial charge in [-0.05, 0) is 24.6 Å². The normalized spacial score (nSPS) is 11.0. The summed E-state index contributed by atoms with van der Waals surface area (Å²) in [6, 6.07) is 7.75. The standard InChI is InChI=1S/C20H17N5O5S/c26-18(22-11-19-23-15(12-31-19)13-5-7-21-8-6-13)2-1-9-24-16-4-3-14(25(28)29)10-17(16)30-20(24)27/h3-8,10,12H,1-2,9,11H2,(H,22,26). The largest absolute Gasteiger partial charge is 0.419 e. The Balaban J connectivity index is 1.30. The molecule has 3 aromatic heterocycles. The fourth-order valence-electron chi connectivity index (χ4n) is 3.09. The molecular weight excluding hydrogens is 422 g/mol. The van der Waals surface area contributed by atoms with Crippen molar-refractivity contribution in [3.05, 3.63) is 73.8 Å². The molecule has 11 heteroatoms. The second kappa shape index (κ2) is 8.88. The highest BCUT2D eigenvalue weighted by molar-refractivity contribution is 7.09. The Kier molecular flexibility index (Phi) is 5.85. The van der Waals surface area contributed by atoms with Crippen molar-refractivity contribution >= 4 is 34.0 Å². The number of benzene rings is 1. The van der Waals surface area contributed by atoms with Crippen molar-refractivity contribution in [2.45, 2.75) is 25.9 Å². The number of aromatic nitrogens is 3. The number of carbonyl (C=O) groups excluding carboxylic acids is 1. The predicted octanol–water partition coefficient (Wildman–Crippen LogP) is 3.12. The molecular formula is C20H17N5O5S. The third-order valence-electron chi connectivity index (χ3n) is 4.61. The minimum absolute atomic E-state index is 0.150. The first-order valence-electron chi connectivity index (χ1n) is 9.40. The van der Waals surface area contributed by atoms with Crippen LogP contribution in [-0.2, 0) is 17.9 Å². The van der Waals surface area contributed by atoms with Gasteiger partial charge in [-0.2, -0.15) is 0 Å². The average Bonchev–Trinajstić information content (AvgIpc) is 3.37. The first-order valence-corrected chi connectivity index (χ1v) is 10.3. The van der Waals surface area contributed by atoms with Crippen molar-refractivity contribution in [1.82, 2.24) is 19.9 Å². The van der Waals surface area contributed by atoms with E-state index in [9.17, 15) is 19.7 Å². The molecule has 0 unspecified atom stereocenters. The van der Waals surface area contributed by atoms with Gasteiger partial charge in [0.1, 0.15) is 5.01 Å². The van der Waals surface area contributed by atoms with E-state index in [2.05, 4.69) is 15.3 Å². The summed E-state index contributed by atoms with van der Waals surface area (Å²) in [5, 5.41) is 16.4. The van der Waals surface area contributed by atoms with Crippen LogP contribution >= 0.6 is 11.3 Å².